The summed E-state index contributed by atoms with van der Waals surface area (Å²) in [6.45, 7) is 2.65. The topological polar surface area (TPSA) is 133 Å². The molecule has 0 aliphatic carbocycles. The van der Waals surface area contributed by atoms with Crippen LogP contribution >= 0.6 is 11.3 Å². The van der Waals surface area contributed by atoms with Gasteiger partial charge >= 0.3 is 0 Å². The predicted octanol–water partition coefficient (Wildman–Crippen LogP) is 4.23. The number of anilines is 1. The Labute approximate surface area is 254 Å². The van der Waals surface area contributed by atoms with Crippen LogP contribution in [0.5, 0.6) is 5.75 Å². The second-order valence-corrected chi connectivity index (χ2v) is 11.0. The summed E-state index contributed by atoms with van der Waals surface area (Å²) in [6, 6.07) is 20.4. The standard InChI is InChI=1S/C32H35N5O5S/c1-21-20-43-30(34-21)19-37(2)32(40)25-14-24(15-26(16-25)36-41)31(39)35-28(13-22-8-5-4-6-9-22)29(38)18-33-17-23-10-7-11-27(12-23)42-3/h4-12,14-16,20,28,33,36,41H,13,17-19H2,1-3H3,(H,35,39)/t28-/m0/s1. The summed E-state index contributed by atoms with van der Waals surface area (Å²) in [6.07, 6.45) is 0.284. The minimum absolute atomic E-state index is 0.0258. The zero-order valence-electron chi connectivity index (χ0n) is 24.3. The molecular formula is C32H35N5O5S. The maximum Gasteiger partial charge on any atom is 0.254 e. The number of carbonyl (C=O) groups is 3. The molecule has 0 aliphatic rings. The van der Waals surface area contributed by atoms with Crippen molar-refractivity contribution in [3.8, 4) is 5.75 Å². The number of ether oxygens (including phenoxy) is 1. The number of rotatable bonds is 14. The number of benzene rings is 3. The summed E-state index contributed by atoms with van der Waals surface area (Å²) in [5.41, 5.74) is 5.23. The molecule has 1 aromatic heterocycles. The Morgan fingerprint density at radius 3 is 2.44 bits per heavy atom. The third-order valence-corrected chi connectivity index (χ3v) is 7.65. The van der Waals surface area contributed by atoms with Gasteiger partial charge in [0.2, 0.25) is 0 Å². The number of amides is 2. The van der Waals surface area contributed by atoms with Gasteiger partial charge in [0.25, 0.3) is 11.8 Å². The van der Waals surface area contributed by atoms with Gasteiger partial charge in [-0.15, -0.1) is 11.3 Å². The average molecular weight is 602 g/mol. The normalized spacial score (nSPS) is 11.4. The van der Waals surface area contributed by atoms with Crippen molar-refractivity contribution in [2.75, 3.05) is 26.2 Å². The first-order valence-corrected chi connectivity index (χ1v) is 14.6. The molecule has 1 heterocycles. The lowest BCUT2D eigenvalue weighted by molar-refractivity contribution is -0.120. The van der Waals surface area contributed by atoms with Crippen LogP contribution in [0.3, 0.4) is 0 Å². The van der Waals surface area contributed by atoms with Crippen molar-refractivity contribution < 1.29 is 24.3 Å². The molecule has 4 rings (SSSR count). The fourth-order valence-corrected chi connectivity index (χ4v) is 5.31. The molecule has 10 nitrogen and oxygen atoms in total. The number of nitrogens with one attached hydrogen (secondary N) is 3. The molecule has 0 spiro atoms. The van der Waals surface area contributed by atoms with E-state index in [9.17, 15) is 19.6 Å². The second kappa shape index (κ2) is 15.1. The number of carbonyl (C=O) groups excluding carboxylic acids is 3. The highest BCUT2D eigenvalue weighted by atomic mass is 32.1. The van der Waals surface area contributed by atoms with E-state index in [0.29, 0.717) is 13.1 Å². The Kier molecular flexibility index (Phi) is 11.0. The molecule has 0 fully saturated rings. The number of methoxy groups -OCH3 is 1. The van der Waals surface area contributed by atoms with E-state index in [4.69, 9.17) is 4.74 Å². The lowest BCUT2D eigenvalue weighted by Crippen LogP contribution is -2.45. The molecule has 11 heteroatoms. The summed E-state index contributed by atoms with van der Waals surface area (Å²) < 4.78 is 5.26. The van der Waals surface area contributed by atoms with Crippen LogP contribution in [0, 0.1) is 6.92 Å². The van der Waals surface area contributed by atoms with Crippen molar-refractivity contribution >= 4 is 34.6 Å². The molecule has 0 saturated heterocycles. The van der Waals surface area contributed by atoms with Gasteiger partial charge in [-0.25, -0.2) is 4.98 Å². The van der Waals surface area contributed by atoms with Crippen LogP contribution in [0.25, 0.3) is 0 Å². The zero-order valence-corrected chi connectivity index (χ0v) is 25.1. The molecule has 0 unspecified atom stereocenters. The third kappa shape index (κ3) is 8.95. The number of nitrogens with zero attached hydrogens (tertiary/aromatic N) is 2. The van der Waals surface area contributed by atoms with Crippen LogP contribution in [0.4, 0.5) is 5.69 Å². The maximum atomic E-state index is 13.5. The van der Waals surface area contributed by atoms with Crippen molar-refractivity contribution in [2.45, 2.75) is 32.5 Å². The van der Waals surface area contributed by atoms with E-state index in [1.165, 1.54) is 34.4 Å². The Bertz CT molecular complexity index is 1560. The number of ketones is 1. The number of hydrogen-bond donors (Lipinski definition) is 4. The minimum Gasteiger partial charge on any atom is -0.497 e. The zero-order chi connectivity index (χ0) is 30.8. The van der Waals surface area contributed by atoms with E-state index in [-0.39, 0.29) is 41.5 Å². The monoisotopic (exact) mass is 601 g/mol. The van der Waals surface area contributed by atoms with Crippen LogP contribution in [-0.4, -0.2) is 59.4 Å². The Hall–Kier alpha value is -4.58. The van der Waals surface area contributed by atoms with Crippen LogP contribution < -0.4 is 20.9 Å². The molecular weight excluding hydrogens is 566 g/mol. The fourth-order valence-electron chi connectivity index (χ4n) is 4.49. The van der Waals surface area contributed by atoms with Crippen molar-refractivity contribution in [1.82, 2.24) is 20.5 Å². The van der Waals surface area contributed by atoms with Gasteiger partial charge in [0, 0.05) is 35.8 Å². The highest BCUT2D eigenvalue weighted by Crippen LogP contribution is 2.19. The molecule has 3 aromatic carbocycles. The van der Waals surface area contributed by atoms with E-state index in [1.54, 1.807) is 14.2 Å². The quantitative estimate of drug-likeness (QED) is 0.158. The first-order valence-electron chi connectivity index (χ1n) is 13.7. The second-order valence-electron chi connectivity index (χ2n) is 10.1. The predicted molar refractivity (Wildman–Crippen MR) is 166 cm³/mol. The van der Waals surface area contributed by atoms with Crippen molar-refractivity contribution in [1.29, 1.82) is 0 Å². The Morgan fingerprint density at radius 1 is 1.00 bits per heavy atom. The van der Waals surface area contributed by atoms with Crippen molar-refractivity contribution in [2.24, 2.45) is 0 Å². The van der Waals surface area contributed by atoms with Gasteiger partial charge in [0.1, 0.15) is 10.8 Å². The lowest BCUT2D eigenvalue weighted by atomic mass is 10.0. The van der Waals surface area contributed by atoms with Gasteiger partial charge in [0.05, 0.1) is 31.9 Å². The number of thiazole rings is 1. The molecule has 1 atom stereocenters. The van der Waals surface area contributed by atoms with E-state index in [1.807, 2.05) is 72.4 Å². The first-order chi connectivity index (χ1) is 20.7. The van der Waals surface area contributed by atoms with Crippen LogP contribution in [0.2, 0.25) is 0 Å². The van der Waals surface area contributed by atoms with Crippen molar-refractivity contribution in [3.63, 3.8) is 0 Å². The van der Waals surface area contributed by atoms with E-state index in [2.05, 4.69) is 15.6 Å². The van der Waals surface area contributed by atoms with Gasteiger partial charge in [-0.3, -0.25) is 25.1 Å². The van der Waals surface area contributed by atoms with Gasteiger partial charge in [-0.05, 0) is 54.8 Å². The Morgan fingerprint density at radius 2 is 1.74 bits per heavy atom. The summed E-state index contributed by atoms with van der Waals surface area (Å²) in [7, 11) is 3.24. The van der Waals surface area contributed by atoms with E-state index in [0.717, 1.165) is 27.6 Å². The largest absolute Gasteiger partial charge is 0.497 e. The minimum atomic E-state index is -0.839. The Balaban J connectivity index is 1.49. The van der Waals surface area contributed by atoms with E-state index >= 15 is 0 Å². The molecule has 2 amide bonds. The molecule has 0 aliphatic heterocycles. The maximum absolute atomic E-state index is 13.5. The SMILES string of the molecule is COc1cccc(CNCC(=O)[C@H](Cc2ccccc2)NC(=O)c2cc(NO)cc(C(=O)N(C)Cc3nc(C)cs3)c2)c1. The molecule has 0 radical (unpaired) electrons. The van der Waals surface area contributed by atoms with Crippen LogP contribution in [-0.2, 0) is 24.3 Å². The molecule has 0 bridgehead atoms. The third-order valence-electron chi connectivity index (χ3n) is 6.70. The van der Waals surface area contributed by atoms with Gasteiger partial charge in [-0.1, -0.05) is 42.5 Å². The highest BCUT2D eigenvalue weighted by molar-refractivity contribution is 7.09. The average Bonchev–Trinajstić information content (AvgIpc) is 3.44. The number of aromatic nitrogens is 1. The summed E-state index contributed by atoms with van der Waals surface area (Å²) in [5, 5.41) is 18.3. The van der Waals surface area contributed by atoms with Crippen LogP contribution in [0.1, 0.15) is 42.5 Å². The van der Waals surface area contributed by atoms with E-state index < -0.39 is 11.9 Å². The fraction of sp³-hybridized carbons (Fsp3) is 0.250. The molecule has 224 valence electrons. The summed E-state index contributed by atoms with van der Waals surface area (Å²) in [5.74, 6) is -0.378. The van der Waals surface area contributed by atoms with Gasteiger partial charge in [-0.2, -0.15) is 0 Å². The van der Waals surface area contributed by atoms with Gasteiger partial charge in [0.15, 0.2) is 5.78 Å². The van der Waals surface area contributed by atoms with Crippen LogP contribution in [0.15, 0.2) is 78.2 Å². The lowest BCUT2D eigenvalue weighted by Gasteiger charge is -2.20. The highest BCUT2D eigenvalue weighted by Gasteiger charge is 2.23. The summed E-state index contributed by atoms with van der Waals surface area (Å²) in [4.78, 5) is 46.0. The number of Topliss-reactive ketones (excluding diaryl/α,β-unsaturated/α-hetero) is 1. The first kappa shape index (κ1) is 31.4. The molecule has 4 N–H and O–H groups in total. The number of hydrogen-bond acceptors (Lipinski definition) is 9. The molecule has 4 aromatic rings. The molecule has 0 saturated carbocycles. The van der Waals surface area contributed by atoms with Crippen molar-refractivity contribution in [3.05, 3.63) is 111 Å². The smallest absolute Gasteiger partial charge is 0.254 e. The number of aryl methyl sites for hydroxylation is 1. The van der Waals surface area contributed by atoms with Gasteiger partial charge < -0.3 is 20.3 Å². The molecule has 43 heavy (non-hydrogen) atoms. The summed E-state index contributed by atoms with van der Waals surface area (Å²) >= 11 is 1.46.